The Kier molecular flexibility index (Phi) is 4.08. The minimum atomic E-state index is -4.68. The number of nitrogens with one attached hydrogen (secondary N) is 1. The quantitative estimate of drug-likeness (QED) is 0.824. The molecule has 0 bridgehead atoms. The third kappa shape index (κ3) is 4.23. The number of ether oxygens (including phenoxy) is 1. The number of nitrogens with zero attached hydrogens (tertiary/aromatic N) is 2. The maximum Gasteiger partial charge on any atom is 0.573 e. The third-order valence-corrected chi connectivity index (χ3v) is 2.81. The van der Waals surface area contributed by atoms with Crippen molar-refractivity contribution in [1.82, 2.24) is 9.97 Å². The zero-order valence-corrected chi connectivity index (χ0v) is 11.4. The van der Waals surface area contributed by atoms with Gasteiger partial charge in [-0.2, -0.15) is 0 Å². The Morgan fingerprint density at radius 3 is 2.42 bits per heavy atom. The lowest BCUT2D eigenvalue weighted by Crippen LogP contribution is -2.16. The van der Waals surface area contributed by atoms with E-state index >= 15 is 0 Å². The fourth-order valence-corrected chi connectivity index (χ4v) is 1.72. The SMILES string of the molecule is FC(F)(F)Oc1ccc(Nc2ncncc2I)cc1. The van der Waals surface area contributed by atoms with Crippen molar-refractivity contribution in [2.75, 3.05) is 5.32 Å². The van der Waals surface area contributed by atoms with E-state index < -0.39 is 6.36 Å². The van der Waals surface area contributed by atoms with Crippen molar-refractivity contribution in [1.29, 1.82) is 0 Å². The highest BCUT2D eigenvalue weighted by Crippen LogP contribution is 2.25. The van der Waals surface area contributed by atoms with Crippen LogP contribution in [0.3, 0.4) is 0 Å². The van der Waals surface area contributed by atoms with Crippen molar-refractivity contribution in [2.24, 2.45) is 0 Å². The molecule has 0 unspecified atom stereocenters. The highest BCUT2D eigenvalue weighted by atomic mass is 127. The first-order valence-electron chi connectivity index (χ1n) is 5.02. The van der Waals surface area contributed by atoms with Crippen LogP contribution in [0.1, 0.15) is 0 Å². The molecule has 2 aromatic rings. The van der Waals surface area contributed by atoms with Crippen molar-refractivity contribution in [3.8, 4) is 5.75 Å². The lowest BCUT2D eigenvalue weighted by molar-refractivity contribution is -0.274. The standard InChI is InChI=1S/C11H7F3IN3O/c12-11(13,14)19-8-3-1-7(2-4-8)18-10-9(15)5-16-6-17-10/h1-6H,(H,16,17,18). The molecule has 0 saturated carbocycles. The van der Waals surface area contributed by atoms with Gasteiger partial charge >= 0.3 is 6.36 Å². The van der Waals surface area contributed by atoms with E-state index in [9.17, 15) is 13.2 Å². The van der Waals surface area contributed by atoms with Gasteiger partial charge in [0.25, 0.3) is 0 Å². The number of halogens is 4. The first-order valence-corrected chi connectivity index (χ1v) is 6.10. The summed E-state index contributed by atoms with van der Waals surface area (Å²) in [6.45, 7) is 0. The molecule has 0 atom stereocenters. The first-order chi connectivity index (χ1) is 8.94. The van der Waals surface area contributed by atoms with Gasteiger partial charge in [0.1, 0.15) is 17.9 Å². The Balaban J connectivity index is 2.09. The number of aromatic nitrogens is 2. The maximum atomic E-state index is 12.0. The van der Waals surface area contributed by atoms with E-state index in [0.29, 0.717) is 11.5 Å². The van der Waals surface area contributed by atoms with Crippen LogP contribution >= 0.6 is 22.6 Å². The summed E-state index contributed by atoms with van der Waals surface area (Å²) in [5, 5.41) is 2.97. The summed E-state index contributed by atoms with van der Waals surface area (Å²) in [7, 11) is 0. The van der Waals surface area contributed by atoms with E-state index in [4.69, 9.17) is 0 Å². The van der Waals surface area contributed by atoms with E-state index in [1.165, 1.54) is 30.6 Å². The molecule has 1 aromatic heterocycles. The predicted octanol–water partition coefficient (Wildman–Crippen LogP) is 3.72. The lowest BCUT2D eigenvalue weighted by Gasteiger charge is -2.10. The monoisotopic (exact) mass is 381 g/mol. The van der Waals surface area contributed by atoms with Gasteiger partial charge in [-0.3, -0.25) is 0 Å². The summed E-state index contributed by atoms with van der Waals surface area (Å²) in [6, 6.07) is 5.40. The van der Waals surface area contributed by atoms with Crippen LogP contribution in [-0.4, -0.2) is 16.3 Å². The highest BCUT2D eigenvalue weighted by molar-refractivity contribution is 14.1. The van der Waals surface area contributed by atoms with Crippen molar-refractivity contribution in [3.63, 3.8) is 0 Å². The van der Waals surface area contributed by atoms with E-state index in [-0.39, 0.29) is 5.75 Å². The van der Waals surface area contributed by atoms with Crippen LogP contribution in [0.2, 0.25) is 0 Å². The molecular weight excluding hydrogens is 374 g/mol. The van der Waals surface area contributed by atoms with Gasteiger partial charge in [0, 0.05) is 11.9 Å². The number of hydrogen-bond donors (Lipinski definition) is 1. The van der Waals surface area contributed by atoms with Crippen molar-refractivity contribution >= 4 is 34.1 Å². The van der Waals surface area contributed by atoms with Gasteiger partial charge in [0.05, 0.1) is 3.57 Å². The van der Waals surface area contributed by atoms with E-state index in [1.54, 1.807) is 6.20 Å². The van der Waals surface area contributed by atoms with Gasteiger partial charge in [0.15, 0.2) is 0 Å². The fourth-order valence-electron chi connectivity index (χ4n) is 1.28. The van der Waals surface area contributed by atoms with Gasteiger partial charge in [-0.05, 0) is 46.9 Å². The molecular formula is C11H7F3IN3O. The molecule has 0 aliphatic carbocycles. The summed E-state index contributed by atoms with van der Waals surface area (Å²) in [5.41, 5.74) is 0.603. The maximum absolute atomic E-state index is 12.0. The normalized spacial score (nSPS) is 11.2. The summed E-state index contributed by atoms with van der Waals surface area (Å²) in [5.74, 6) is 0.315. The average Bonchev–Trinajstić information content (AvgIpc) is 2.33. The van der Waals surface area contributed by atoms with Crippen LogP contribution in [0.4, 0.5) is 24.7 Å². The second kappa shape index (κ2) is 5.59. The summed E-state index contributed by atoms with van der Waals surface area (Å²) in [6.07, 6.45) is -1.68. The molecule has 0 radical (unpaired) electrons. The van der Waals surface area contributed by atoms with Crippen LogP contribution in [0.5, 0.6) is 5.75 Å². The molecule has 0 aliphatic rings. The van der Waals surface area contributed by atoms with Gasteiger partial charge in [-0.1, -0.05) is 0 Å². The summed E-state index contributed by atoms with van der Waals surface area (Å²) >= 11 is 2.05. The summed E-state index contributed by atoms with van der Waals surface area (Å²) < 4.78 is 40.5. The molecule has 0 spiro atoms. The average molecular weight is 381 g/mol. The number of hydrogen-bond acceptors (Lipinski definition) is 4. The van der Waals surface area contributed by atoms with Crippen LogP contribution in [-0.2, 0) is 0 Å². The third-order valence-electron chi connectivity index (χ3n) is 2.02. The molecule has 1 N–H and O–H groups in total. The molecule has 0 saturated heterocycles. The Morgan fingerprint density at radius 1 is 1.16 bits per heavy atom. The summed E-state index contributed by atoms with van der Waals surface area (Å²) in [4.78, 5) is 7.85. The number of alkyl halides is 3. The van der Waals surface area contributed by atoms with Gasteiger partial charge in [0.2, 0.25) is 0 Å². The van der Waals surface area contributed by atoms with Crippen LogP contribution < -0.4 is 10.1 Å². The van der Waals surface area contributed by atoms with E-state index in [1.807, 2.05) is 0 Å². The molecule has 19 heavy (non-hydrogen) atoms. The molecule has 0 fully saturated rings. The minimum Gasteiger partial charge on any atom is -0.406 e. The Labute approximate surface area is 120 Å². The van der Waals surface area contributed by atoms with Crippen molar-refractivity contribution < 1.29 is 17.9 Å². The van der Waals surface area contributed by atoms with Crippen LogP contribution in [0, 0.1) is 3.57 Å². The molecule has 1 aromatic carbocycles. The fraction of sp³-hybridized carbons (Fsp3) is 0.0909. The minimum absolute atomic E-state index is 0.268. The second-order valence-electron chi connectivity index (χ2n) is 3.42. The smallest absolute Gasteiger partial charge is 0.406 e. The predicted molar refractivity (Wildman–Crippen MR) is 71.2 cm³/mol. The van der Waals surface area contributed by atoms with E-state index in [0.717, 1.165) is 3.57 Å². The zero-order valence-electron chi connectivity index (χ0n) is 9.28. The van der Waals surface area contributed by atoms with Crippen LogP contribution in [0.25, 0.3) is 0 Å². The molecule has 8 heteroatoms. The van der Waals surface area contributed by atoms with Gasteiger partial charge in [-0.25, -0.2) is 9.97 Å². The molecule has 4 nitrogen and oxygen atoms in total. The molecule has 0 amide bonds. The first kappa shape index (κ1) is 13.8. The molecule has 0 aliphatic heterocycles. The van der Waals surface area contributed by atoms with Gasteiger partial charge in [-0.15, -0.1) is 13.2 Å². The number of rotatable bonds is 3. The Hall–Kier alpha value is -1.58. The number of benzene rings is 1. The largest absolute Gasteiger partial charge is 0.573 e. The lowest BCUT2D eigenvalue weighted by atomic mass is 10.3. The van der Waals surface area contributed by atoms with Crippen molar-refractivity contribution in [3.05, 3.63) is 40.4 Å². The molecule has 100 valence electrons. The van der Waals surface area contributed by atoms with Gasteiger partial charge < -0.3 is 10.1 Å². The Bertz CT molecular complexity index is 560. The van der Waals surface area contributed by atoms with Crippen LogP contribution in [0.15, 0.2) is 36.8 Å². The molecule has 2 rings (SSSR count). The van der Waals surface area contributed by atoms with Crippen molar-refractivity contribution in [2.45, 2.75) is 6.36 Å². The second-order valence-corrected chi connectivity index (χ2v) is 4.58. The number of anilines is 2. The zero-order chi connectivity index (χ0) is 13.9. The Morgan fingerprint density at radius 2 is 1.84 bits per heavy atom. The van der Waals surface area contributed by atoms with E-state index in [2.05, 4.69) is 42.6 Å². The highest BCUT2D eigenvalue weighted by Gasteiger charge is 2.30. The topological polar surface area (TPSA) is 47.0 Å². The molecule has 1 heterocycles.